The van der Waals surface area contributed by atoms with Crippen molar-refractivity contribution in [3.63, 3.8) is 0 Å². The summed E-state index contributed by atoms with van der Waals surface area (Å²) in [7, 11) is 0. The van der Waals surface area contributed by atoms with Crippen LogP contribution in [0.4, 0.5) is 0 Å². The Hall–Kier alpha value is -0.0800. The summed E-state index contributed by atoms with van der Waals surface area (Å²) in [5.74, 6) is 0. The maximum absolute atomic E-state index is 5.71. The Morgan fingerprint density at radius 1 is 1.33 bits per heavy atom. The molecule has 0 spiro atoms. The zero-order chi connectivity index (χ0) is 9.35. The standard InChI is InChI=1S/C10H22N2/c1-7(10(2,3)4)12-9-5-8(11)6-9/h7-9,12H,5-6,11H2,1-4H3. The topological polar surface area (TPSA) is 38.0 Å². The molecule has 0 aromatic heterocycles. The fourth-order valence-corrected chi connectivity index (χ4v) is 1.40. The molecular weight excluding hydrogens is 148 g/mol. The lowest BCUT2D eigenvalue weighted by atomic mass is 9.83. The molecule has 0 aromatic carbocycles. The molecule has 0 radical (unpaired) electrons. The van der Waals surface area contributed by atoms with Crippen LogP contribution in [0.3, 0.4) is 0 Å². The molecule has 3 N–H and O–H groups in total. The van der Waals surface area contributed by atoms with E-state index >= 15 is 0 Å². The van der Waals surface area contributed by atoms with Crippen LogP contribution in [0.15, 0.2) is 0 Å². The number of nitrogens with two attached hydrogens (primary N) is 1. The van der Waals surface area contributed by atoms with E-state index < -0.39 is 0 Å². The van der Waals surface area contributed by atoms with Gasteiger partial charge in [-0.2, -0.15) is 0 Å². The van der Waals surface area contributed by atoms with Gasteiger partial charge in [0, 0.05) is 18.1 Å². The highest BCUT2D eigenvalue weighted by atomic mass is 15.0. The monoisotopic (exact) mass is 170 g/mol. The van der Waals surface area contributed by atoms with E-state index in [2.05, 4.69) is 33.0 Å². The Labute approximate surface area is 75.9 Å². The van der Waals surface area contributed by atoms with Crippen LogP contribution in [0.2, 0.25) is 0 Å². The summed E-state index contributed by atoms with van der Waals surface area (Å²) in [6.07, 6.45) is 2.31. The number of rotatable bonds is 2. The van der Waals surface area contributed by atoms with Crippen LogP contribution in [-0.2, 0) is 0 Å². The summed E-state index contributed by atoms with van der Waals surface area (Å²) >= 11 is 0. The summed E-state index contributed by atoms with van der Waals surface area (Å²) < 4.78 is 0. The van der Waals surface area contributed by atoms with Gasteiger partial charge in [-0.1, -0.05) is 20.8 Å². The Balaban J connectivity index is 2.23. The average Bonchev–Trinajstić information content (AvgIpc) is 1.82. The molecule has 2 nitrogen and oxygen atoms in total. The number of nitrogens with one attached hydrogen (secondary N) is 1. The van der Waals surface area contributed by atoms with Gasteiger partial charge >= 0.3 is 0 Å². The molecule has 0 aliphatic heterocycles. The van der Waals surface area contributed by atoms with E-state index in [1.165, 1.54) is 0 Å². The zero-order valence-corrected chi connectivity index (χ0v) is 8.72. The van der Waals surface area contributed by atoms with Crippen molar-refractivity contribution in [2.24, 2.45) is 11.1 Å². The first-order valence-electron chi connectivity index (χ1n) is 4.91. The third kappa shape index (κ3) is 2.46. The maximum atomic E-state index is 5.71. The van der Waals surface area contributed by atoms with Crippen LogP contribution in [0, 0.1) is 5.41 Å². The average molecular weight is 170 g/mol. The van der Waals surface area contributed by atoms with Gasteiger partial charge < -0.3 is 11.1 Å². The van der Waals surface area contributed by atoms with Crippen molar-refractivity contribution in [3.8, 4) is 0 Å². The van der Waals surface area contributed by atoms with E-state index in [1.807, 2.05) is 0 Å². The first-order valence-corrected chi connectivity index (χ1v) is 4.91. The molecule has 1 atom stereocenters. The molecule has 1 saturated carbocycles. The first kappa shape index (κ1) is 10.0. The van der Waals surface area contributed by atoms with E-state index in [-0.39, 0.29) is 0 Å². The summed E-state index contributed by atoms with van der Waals surface area (Å²) in [6.45, 7) is 9.06. The predicted molar refractivity (Wildman–Crippen MR) is 53.1 cm³/mol. The van der Waals surface area contributed by atoms with Crippen LogP contribution in [0.25, 0.3) is 0 Å². The molecule has 72 valence electrons. The highest BCUT2D eigenvalue weighted by Gasteiger charge is 2.29. The summed E-state index contributed by atoms with van der Waals surface area (Å²) in [4.78, 5) is 0. The van der Waals surface area contributed by atoms with Crippen molar-refractivity contribution in [2.45, 2.75) is 58.7 Å². The summed E-state index contributed by atoms with van der Waals surface area (Å²) in [6, 6.07) is 1.71. The normalized spacial score (nSPS) is 32.8. The van der Waals surface area contributed by atoms with Crippen LogP contribution >= 0.6 is 0 Å². The van der Waals surface area contributed by atoms with Crippen molar-refractivity contribution >= 4 is 0 Å². The lowest BCUT2D eigenvalue weighted by Gasteiger charge is -2.39. The lowest BCUT2D eigenvalue weighted by molar-refractivity contribution is 0.204. The minimum absolute atomic E-state index is 0.361. The smallest absolute Gasteiger partial charge is 0.00992 e. The van der Waals surface area contributed by atoms with Gasteiger partial charge in [0.2, 0.25) is 0 Å². The van der Waals surface area contributed by atoms with Crippen LogP contribution in [0.5, 0.6) is 0 Å². The predicted octanol–water partition coefficient (Wildman–Crippen LogP) is 1.50. The second-order valence-corrected chi connectivity index (χ2v) is 5.18. The molecular formula is C10H22N2. The van der Waals surface area contributed by atoms with Crippen LogP contribution < -0.4 is 11.1 Å². The lowest BCUT2D eigenvalue weighted by Crippen LogP contribution is -2.53. The third-order valence-corrected chi connectivity index (χ3v) is 2.96. The molecule has 0 aromatic rings. The fraction of sp³-hybridized carbons (Fsp3) is 1.00. The molecule has 1 fully saturated rings. The van der Waals surface area contributed by atoms with Gasteiger partial charge in [0.1, 0.15) is 0 Å². The molecule has 2 heteroatoms. The zero-order valence-electron chi connectivity index (χ0n) is 8.72. The molecule has 1 rings (SSSR count). The Bertz CT molecular complexity index is 142. The van der Waals surface area contributed by atoms with E-state index in [4.69, 9.17) is 5.73 Å². The SMILES string of the molecule is CC(NC1CC(N)C1)C(C)(C)C. The largest absolute Gasteiger partial charge is 0.328 e. The molecule has 0 heterocycles. The second-order valence-electron chi connectivity index (χ2n) is 5.18. The van der Waals surface area contributed by atoms with E-state index in [0.29, 0.717) is 23.5 Å². The minimum Gasteiger partial charge on any atom is -0.328 e. The Kier molecular flexibility index (Phi) is 2.79. The maximum Gasteiger partial charge on any atom is 0.00992 e. The molecule has 12 heavy (non-hydrogen) atoms. The second kappa shape index (κ2) is 3.35. The van der Waals surface area contributed by atoms with Gasteiger partial charge in [0.05, 0.1) is 0 Å². The fourth-order valence-electron chi connectivity index (χ4n) is 1.40. The Morgan fingerprint density at radius 2 is 1.83 bits per heavy atom. The van der Waals surface area contributed by atoms with E-state index in [1.54, 1.807) is 0 Å². The summed E-state index contributed by atoms with van der Waals surface area (Å²) in [5, 5.41) is 3.61. The van der Waals surface area contributed by atoms with Gasteiger partial charge in [-0.25, -0.2) is 0 Å². The third-order valence-electron chi connectivity index (χ3n) is 2.96. The van der Waals surface area contributed by atoms with Crippen molar-refractivity contribution in [2.75, 3.05) is 0 Å². The molecule has 1 aliphatic carbocycles. The van der Waals surface area contributed by atoms with Crippen molar-refractivity contribution in [1.82, 2.24) is 5.32 Å². The van der Waals surface area contributed by atoms with Gasteiger partial charge in [0.25, 0.3) is 0 Å². The van der Waals surface area contributed by atoms with Crippen molar-refractivity contribution in [1.29, 1.82) is 0 Å². The minimum atomic E-state index is 0.361. The van der Waals surface area contributed by atoms with Gasteiger partial charge in [0.15, 0.2) is 0 Å². The number of hydrogen-bond acceptors (Lipinski definition) is 2. The molecule has 0 saturated heterocycles. The Morgan fingerprint density at radius 3 is 2.17 bits per heavy atom. The van der Waals surface area contributed by atoms with Crippen molar-refractivity contribution < 1.29 is 0 Å². The van der Waals surface area contributed by atoms with Crippen LogP contribution in [-0.4, -0.2) is 18.1 Å². The van der Waals surface area contributed by atoms with E-state index in [9.17, 15) is 0 Å². The molecule has 1 aliphatic rings. The quantitative estimate of drug-likeness (QED) is 0.659. The van der Waals surface area contributed by atoms with Gasteiger partial charge in [-0.3, -0.25) is 0 Å². The van der Waals surface area contributed by atoms with E-state index in [0.717, 1.165) is 12.8 Å². The molecule has 1 unspecified atom stereocenters. The first-order chi connectivity index (χ1) is 5.39. The van der Waals surface area contributed by atoms with Crippen LogP contribution in [0.1, 0.15) is 40.5 Å². The highest BCUT2D eigenvalue weighted by Crippen LogP contribution is 2.23. The molecule has 0 bridgehead atoms. The number of hydrogen-bond donors (Lipinski definition) is 2. The van der Waals surface area contributed by atoms with Gasteiger partial charge in [-0.05, 0) is 25.2 Å². The van der Waals surface area contributed by atoms with Crippen molar-refractivity contribution in [3.05, 3.63) is 0 Å². The highest BCUT2D eigenvalue weighted by molar-refractivity contribution is 4.91. The van der Waals surface area contributed by atoms with Gasteiger partial charge in [-0.15, -0.1) is 0 Å². The molecule has 0 amide bonds. The summed E-state index contributed by atoms with van der Waals surface area (Å²) in [5.41, 5.74) is 6.07.